The molecular weight excluding hydrogens is 356 g/mol. The van der Waals surface area contributed by atoms with Gasteiger partial charge in [0.15, 0.2) is 0 Å². The number of nitrogens with zero attached hydrogens (tertiary/aromatic N) is 5. The Hall–Kier alpha value is -2.45. The second-order valence-corrected chi connectivity index (χ2v) is 7.39. The zero-order valence-electron chi connectivity index (χ0n) is 16.2. The van der Waals surface area contributed by atoms with Gasteiger partial charge in [-0.25, -0.2) is 9.97 Å². The van der Waals surface area contributed by atoms with Crippen LogP contribution in [-0.2, 0) is 4.79 Å². The smallest absolute Gasteiger partial charge is 0.234 e. The van der Waals surface area contributed by atoms with Crippen LogP contribution in [0.1, 0.15) is 24.6 Å². The van der Waals surface area contributed by atoms with Gasteiger partial charge in [0, 0.05) is 45.1 Å². The van der Waals surface area contributed by atoms with E-state index >= 15 is 0 Å². The lowest BCUT2D eigenvalue weighted by Gasteiger charge is -2.34. The molecule has 2 fully saturated rings. The predicted molar refractivity (Wildman–Crippen MR) is 106 cm³/mol. The number of piperazine rings is 1. The van der Waals surface area contributed by atoms with E-state index in [4.69, 9.17) is 4.42 Å². The number of anilines is 1. The zero-order valence-corrected chi connectivity index (χ0v) is 16.2. The second kappa shape index (κ2) is 9.16. The van der Waals surface area contributed by atoms with E-state index in [2.05, 4.69) is 30.0 Å². The van der Waals surface area contributed by atoms with Crippen molar-refractivity contribution in [1.29, 1.82) is 0 Å². The van der Waals surface area contributed by atoms with Gasteiger partial charge in [-0.05, 0) is 44.1 Å². The molecule has 2 aromatic rings. The van der Waals surface area contributed by atoms with Crippen LogP contribution in [-0.4, -0.2) is 78.0 Å². The Morgan fingerprint density at radius 2 is 1.82 bits per heavy atom. The Balaban J connectivity index is 1.24. The van der Waals surface area contributed by atoms with E-state index in [0.29, 0.717) is 13.1 Å². The molecule has 1 N–H and O–H groups in total. The molecule has 8 nitrogen and oxygen atoms in total. The van der Waals surface area contributed by atoms with Crippen LogP contribution < -0.4 is 10.2 Å². The average Bonchev–Trinajstić information content (AvgIpc) is 3.44. The van der Waals surface area contributed by atoms with Gasteiger partial charge in [-0.3, -0.25) is 14.6 Å². The van der Waals surface area contributed by atoms with Gasteiger partial charge in [-0.2, -0.15) is 0 Å². The monoisotopic (exact) mass is 384 g/mol. The highest BCUT2D eigenvalue weighted by molar-refractivity contribution is 5.78. The fraction of sp³-hybridized carbons (Fsp3) is 0.550. The van der Waals surface area contributed by atoms with E-state index in [1.807, 2.05) is 18.2 Å². The predicted octanol–water partition coefficient (Wildman–Crippen LogP) is 1.14. The largest absolute Gasteiger partial charge is 0.468 e. The summed E-state index contributed by atoms with van der Waals surface area (Å²) in [5.41, 5.74) is 0. The first-order valence-corrected chi connectivity index (χ1v) is 10.1. The molecule has 2 aliphatic heterocycles. The number of hydrogen-bond acceptors (Lipinski definition) is 7. The van der Waals surface area contributed by atoms with E-state index < -0.39 is 0 Å². The number of nitrogens with one attached hydrogen (secondary N) is 1. The minimum absolute atomic E-state index is 0.0696. The van der Waals surface area contributed by atoms with Gasteiger partial charge in [-0.15, -0.1) is 0 Å². The number of carbonyl (C=O) groups excluding carboxylic acids is 1. The summed E-state index contributed by atoms with van der Waals surface area (Å²) in [5.74, 6) is 1.76. The molecule has 8 heteroatoms. The standard InChI is InChI=1S/C20H28N6O2/c27-19(16-24-10-12-26(13-11-24)20-21-6-4-7-22-20)23-15-17(18-5-3-14-28-18)25-8-1-2-9-25/h3-7,14,17H,1-2,8-13,15-16H2,(H,23,27)/t17-/m1/s1. The molecule has 1 amide bonds. The van der Waals surface area contributed by atoms with Gasteiger partial charge in [0.2, 0.25) is 11.9 Å². The Kier molecular flexibility index (Phi) is 6.18. The normalized spacial score (nSPS) is 19.6. The number of furan rings is 1. The lowest BCUT2D eigenvalue weighted by Crippen LogP contribution is -2.50. The Morgan fingerprint density at radius 1 is 1.07 bits per heavy atom. The molecule has 4 rings (SSSR count). The first-order valence-electron chi connectivity index (χ1n) is 10.1. The maximum absolute atomic E-state index is 12.5. The highest BCUT2D eigenvalue weighted by Gasteiger charge is 2.26. The van der Waals surface area contributed by atoms with Crippen LogP contribution in [0.3, 0.4) is 0 Å². The molecule has 0 bridgehead atoms. The number of rotatable bonds is 7. The summed E-state index contributed by atoms with van der Waals surface area (Å²) in [5, 5.41) is 3.12. The summed E-state index contributed by atoms with van der Waals surface area (Å²) in [6.45, 7) is 6.47. The molecule has 0 spiro atoms. The van der Waals surface area contributed by atoms with Crippen molar-refractivity contribution in [3.05, 3.63) is 42.6 Å². The molecule has 150 valence electrons. The molecule has 0 radical (unpaired) electrons. The van der Waals surface area contributed by atoms with Crippen molar-refractivity contribution in [3.63, 3.8) is 0 Å². The van der Waals surface area contributed by atoms with E-state index in [0.717, 1.165) is 51.0 Å². The maximum Gasteiger partial charge on any atom is 0.234 e. The lowest BCUT2D eigenvalue weighted by molar-refractivity contribution is -0.122. The van der Waals surface area contributed by atoms with E-state index in [1.165, 1.54) is 12.8 Å². The fourth-order valence-electron chi connectivity index (χ4n) is 3.97. The molecule has 0 saturated carbocycles. The highest BCUT2D eigenvalue weighted by Crippen LogP contribution is 2.24. The topological polar surface area (TPSA) is 77.7 Å². The van der Waals surface area contributed by atoms with Gasteiger partial charge < -0.3 is 14.6 Å². The van der Waals surface area contributed by atoms with Gasteiger partial charge in [-0.1, -0.05) is 0 Å². The molecule has 0 aliphatic carbocycles. The first kappa shape index (κ1) is 18.9. The maximum atomic E-state index is 12.5. The van der Waals surface area contributed by atoms with Crippen LogP contribution >= 0.6 is 0 Å². The minimum Gasteiger partial charge on any atom is -0.468 e. The lowest BCUT2D eigenvalue weighted by atomic mass is 10.2. The number of aromatic nitrogens is 2. The van der Waals surface area contributed by atoms with Crippen molar-refractivity contribution in [2.75, 3.05) is 57.3 Å². The molecule has 2 aromatic heterocycles. The van der Waals surface area contributed by atoms with Crippen molar-refractivity contribution >= 4 is 11.9 Å². The van der Waals surface area contributed by atoms with Crippen molar-refractivity contribution in [3.8, 4) is 0 Å². The quantitative estimate of drug-likeness (QED) is 0.767. The summed E-state index contributed by atoms with van der Waals surface area (Å²) in [6, 6.07) is 5.85. The molecular formula is C20H28N6O2. The van der Waals surface area contributed by atoms with Gasteiger partial charge in [0.1, 0.15) is 5.76 Å². The van der Waals surface area contributed by atoms with Crippen molar-refractivity contribution in [2.24, 2.45) is 0 Å². The molecule has 0 unspecified atom stereocenters. The molecule has 2 saturated heterocycles. The molecule has 0 aromatic carbocycles. The molecule has 4 heterocycles. The van der Waals surface area contributed by atoms with Crippen LogP contribution in [0, 0.1) is 0 Å². The van der Waals surface area contributed by atoms with Crippen LogP contribution in [0.25, 0.3) is 0 Å². The number of amides is 1. The van der Waals surface area contributed by atoms with Gasteiger partial charge in [0.25, 0.3) is 0 Å². The Labute approximate surface area is 165 Å². The highest BCUT2D eigenvalue weighted by atomic mass is 16.3. The van der Waals surface area contributed by atoms with Crippen LogP contribution in [0.15, 0.2) is 41.3 Å². The molecule has 2 aliphatic rings. The molecule has 28 heavy (non-hydrogen) atoms. The third kappa shape index (κ3) is 4.69. The number of hydrogen-bond donors (Lipinski definition) is 1. The van der Waals surface area contributed by atoms with E-state index in [-0.39, 0.29) is 11.9 Å². The third-order valence-electron chi connectivity index (χ3n) is 5.52. The Morgan fingerprint density at radius 3 is 2.50 bits per heavy atom. The summed E-state index contributed by atoms with van der Waals surface area (Å²) < 4.78 is 5.62. The fourth-order valence-corrected chi connectivity index (χ4v) is 3.97. The second-order valence-electron chi connectivity index (χ2n) is 7.39. The van der Waals surface area contributed by atoms with E-state index in [9.17, 15) is 4.79 Å². The minimum atomic E-state index is 0.0696. The average molecular weight is 384 g/mol. The Bertz CT molecular complexity index is 724. The third-order valence-corrected chi connectivity index (χ3v) is 5.52. The van der Waals surface area contributed by atoms with Crippen molar-refractivity contribution in [2.45, 2.75) is 18.9 Å². The first-order chi connectivity index (χ1) is 13.8. The summed E-state index contributed by atoms with van der Waals surface area (Å²) in [7, 11) is 0. The van der Waals surface area contributed by atoms with E-state index in [1.54, 1.807) is 18.7 Å². The van der Waals surface area contributed by atoms with Crippen molar-refractivity contribution < 1.29 is 9.21 Å². The summed E-state index contributed by atoms with van der Waals surface area (Å²) in [4.78, 5) is 27.9. The summed E-state index contributed by atoms with van der Waals surface area (Å²) in [6.07, 6.45) is 7.65. The summed E-state index contributed by atoms with van der Waals surface area (Å²) >= 11 is 0. The van der Waals surface area contributed by atoms with Crippen LogP contribution in [0.2, 0.25) is 0 Å². The van der Waals surface area contributed by atoms with Gasteiger partial charge >= 0.3 is 0 Å². The number of carbonyl (C=O) groups is 1. The molecule has 1 atom stereocenters. The van der Waals surface area contributed by atoms with Crippen LogP contribution in [0.4, 0.5) is 5.95 Å². The van der Waals surface area contributed by atoms with Gasteiger partial charge in [0.05, 0.1) is 18.8 Å². The van der Waals surface area contributed by atoms with Crippen LogP contribution in [0.5, 0.6) is 0 Å². The van der Waals surface area contributed by atoms with Crippen molar-refractivity contribution in [1.82, 2.24) is 25.1 Å². The SMILES string of the molecule is O=C(CN1CCN(c2ncccn2)CC1)NC[C@H](c1ccco1)N1CCCC1. The number of likely N-dealkylation sites (tertiary alicyclic amines) is 1. The zero-order chi connectivity index (χ0) is 19.2.